The Balaban J connectivity index is 2.09. The summed E-state index contributed by atoms with van der Waals surface area (Å²) < 4.78 is 14.8. The number of aliphatic hydroxyl groups is 1. The molecule has 30 heavy (non-hydrogen) atoms. The first-order valence-corrected chi connectivity index (χ1v) is 11.8. The Hall–Kier alpha value is -2.68. The Bertz CT molecular complexity index is 971. The van der Waals surface area contributed by atoms with Crippen molar-refractivity contribution >= 4 is 23.7 Å². The molecule has 0 aliphatic rings. The number of hydrogen-bond donors (Lipinski definition) is 2. The van der Waals surface area contributed by atoms with E-state index < -0.39 is 24.4 Å². The van der Waals surface area contributed by atoms with Crippen molar-refractivity contribution in [1.82, 2.24) is 5.32 Å². The minimum absolute atomic E-state index is 0.259. The summed E-state index contributed by atoms with van der Waals surface area (Å²) in [5.74, 6) is -0.259. The van der Waals surface area contributed by atoms with Crippen LogP contribution in [0.1, 0.15) is 31.1 Å². The fourth-order valence-electron chi connectivity index (χ4n) is 4.10. The molecule has 2 atom stereocenters. The molecule has 0 saturated heterocycles. The lowest BCUT2D eigenvalue weighted by molar-refractivity contribution is 0.0628. The van der Waals surface area contributed by atoms with Gasteiger partial charge in [0.2, 0.25) is 0 Å². The van der Waals surface area contributed by atoms with Crippen LogP contribution in [0.3, 0.4) is 0 Å². The maximum absolute atomic E-state index is 14.8. The minimum atomic E-state index is -3.32. The van der Waals surface area contributed by atoms with Gasteiger partial charge in [0.05, 0.1) is 11.3 Å². The fraction of sp³-hybridized carbons (Fsp3) is 0.240. The summed E-state index contributed by atoms with van der Waals surface area (Å²) in [5, 5.41) is 15.5. The molecular formula is C25H28NO3P. The molecule has 0 unspecified atom stereocenters. The van der Waals surface area contributed by atoms with Gasteiger partial charge in [-0.3, -0.25) is 4.79 Å². The van der Waals surface area contributed by atoms with Gasteiger partial charge < -0.3 is 15.0 Å². The zero-order valence-corrected chi connectivity index (χ0v) is 18.4. The van der Waals surface area contributed by atoms with Gasteiger partial charge in [-0.25, -0.2) is 0 Å². The Morgan fingerprint density at radius 2 is 1.23 bits per heavy atom. The molecule has 0 spiro atoms. The molecule has 0 fully saturated rings. The second kappa shape index (κ2) is 8.99. The molecular weight excluding hydrogens is 393 g/mol. The minimum Gasteiger partial charge on any atom is -0.390 e. The van der Waals surface area contributed by atoms with Crippen LogP contribution in [0, 0.1) is 0 Å². The van der Waals surface area contributed by atoms with Gasteiger partial charge >= 0.3 is 0 Å². The molecule has 5 heteroatoms. The van der Waals surface area contributed by atoms with Gasteiger partial charge in [0, 0.05) is 22.2 Å². The lowest BCUT2D eigenvalue weighted by Crippen LogP contribution is -2.53. The van der Waals surface area contributed by atoms with Crippen molar-refractivity contribution in [3.8, 4) is 0 Å². The largest absolute Gasteiger partial charge is 0.390 e. The first-order valence-electron chi connectivity index (χ1n) is 10.0. The van der Waals surface area contributed by atoms with Gasteiger partial charge in [0.1, 0.15) is 0 Å². The third-order valence-corrected chi connectivity index (χ3v) is 9.26. The molecule has 0 saturated carbocycles. The summed E-state index contributed by atoms with van der Waals surface area (Å²) in [5.41, 5.74) is -1.53. The van der Waals surface area contributed by atoms with Crippen molar-refractivity contribution < 1.29 is 14.5 Å². The quantitative estimate of drug-likeness (QED) is 0.568. The highest BCUT2D eigenvalue weighted by Gasteiger charge is 2.48. The highest BCUT2D eigenvalue weighted by Crippen LogP contribution is 2.53. The molecule has 0 aliphatic carbocycles. The Labute approximate surface area is 178 Å². The molecule has 4 nitrogen and oxygen atoms in total. The van der Waals surface area contributed by atoms with Crippen molar-refractivity contribution in [2.75, 3.05) is 0 Å². The highest BCUT2D eigenvalue weighted by molar-refractivity contribution is 7.79. The van der Waals surface area contributed by atoms with Crippen LogP contribution < -0.4 is 15.9 Å². The van der Waals surface area contributed by atoms with Crippen LogP contribution in [0.5, 0.6) is 0 Å². The summed E-state index contributed by atoms with van der Waals surface area (Å²) >= 11 is 0. The van der Waals surface area contributed by atoms with Crippen molar-refractivity contribution in [1.29, 1.82) is 0 Å². The average molecular weight is 421 g/mol. The number of hydrogen-bond acceptors (Lipinski definition) is 3. The summed E-state index contributed by atoms with van der Waals surface area (Å²) in [4.78, 5) is 12.8. The molecule has 3 aromatic carbocycles. The predicted molar refractivity (Wildman–Crippen MR) is 123 cm³/mol. The predicted octanol–water partition coefficient (Wildman–Crippen LogP) is 3.96. The summed E-state index contributed by atoms with van der Waals surface area (Å²) in [6.45, 7) is 5.12. The fourth-order valence-corrected chi connectivity index (χ4v) is 7.86. The zero-order chi connectivity index (χ0) is 21.8. The van der Waals surface area contributed by atoms with Gasteiger partial charge in [-0.15, -0.1) is 0 Å². The van der Waals surface area contributed by atoms with E-state index in [0.717, 1.165) is 0 Å². The van der Waals surface area contributed by atoms with Crippen LogP contribution in [-0.2, 0) is 4.57 Å². The molecule has 0 aromatic heterocycles. The zero-order valence-electron chi connectivity index (χ0n) is 17.5. The molecule has 156 valence electrons. The molecule has 3 rings (SSSR count). The number of nitrogens with one attached hydrogen (secondary N) is 1. The first kappa shape index (κ1) is 22.0. The number of carbonyl (C=O) groups is 1. The lowest BCUT2D eigenvalue weighted by atomic mass is 9.99. The normalized spacial score (nSPS) is 14.0. The van der Waals surface area contributed by atoms with E-state index in [4.69, 9.17) is 0 Å². The van der Waals surface area contributed by atoms with Crippen LogP contribution in [0.25, 0.3) is 0 Å². The smallest absolute Gasteiger partial charge is 0.251 e. The van der Waals surface area contributed by atoms with Crippen molar-refractivity contribution in [3.63, 3.8) is 0 Å². The van der Waals surface area contributed by atoms with E-state index in [0.29, 0.717) is 16.2 Å². The second-order valence-electron chi connectivity index (χ2n) is 8.06. The monoisotopic (exact) mass is 421 g/mol. The molecule has 0 heterocycles. The first-order chi connectivity index (χ1) is 14.2. The Morgan fingerprint density at radius 3 is 1.63 bits per heavy atom. The van der Waals surface area contributed by atoms with Crippen molar-refractivity contribution in [3.05, 3.63) is 96.6 Å². The second-order valence-corrected chi connectivity index (χ2v) is 11.0. The molecule has 0 aliphatic heterocycles. The van der Waals surface area contributed by atoms with E-state index in [1.807, 2.05) is 73.7 Å². The topological polar surface area (TPSA) is 66.4 Å². The van der Waals surface area contributed by atoms with Gasteiger partial charge in [0.15, 0.2) is 7.14 Å². The van der Waals surface area contributed by atoms with Crippen LogP contribution >= 0.6 is 7.14 Å². The maximum Gasteiger partial charge on any atom is 0.251 e. The van der Waals surface area contributed by atoms with Gasteiger partial charge in [-0.2, -0.15) is 0 Å². The summed E-state index contributed by atoms with van der Waals surface area (Å²) in [6, 6.07) is 26.8. The van der Waals surface area contributed by atoms with Crippen LogP contribution in [-0.4, -0.2) is 28.3 Å². The number of benzene rings is 3. The summed E-state index contributed by atoms with van der Waals surface area (Å²) in [6.07, 6.45) is 0. The van der Waals surface area contributed by atoms with Crippen LogP contribution in [0.2, 0.25) is 0 Å². The molecule has 3 aromatic rings. The molecule has 0 bridgehead atoms. The molecule has 2 N–H and O–H groups in total. The number of rotatable bonds is 7. The standard InChI is InChI=1S/C25H28NO3P/c1-19(26-24(27)20-13-7-4-8-14-20)23(25(2,3)28)30(29,21-15-9-5-10-16-21)22-17-11-6-12-18-22/h4-19,23,28H,1-3H3,(H,26,27)/t19-,23+/m0/s1. The van der Waals surface area contributed by atoms with Crippen LogP contribution in [0.15, 0.2) is 91.0 Å². The average Bonchev–Trinajstić information content (AvgIpc) is 2.74. The van der Waals surface area contributed by atoms with E-state index in [2.05, 4.69) is 5.32 Å². The molecule has 0 radical (unpaired) electrons. The Kier molecular flexibility index (Phi) is 6.60. The van der Waals surface area contributed by atoms with E-state index in [1.54, 1.807) is 38.1 Å². The lowest BCUT2D eigenvalue weighted by Gasteiger charge is -2.40. The van der Waals surface area contributed by atoms with E-state index in [-0.39, 0.29) is 5.91 Å². The Morgan fingerprint density at radius 1 is 0.833 bits per heavy atom. The van der Waals surface area contributed by atoms with E-state index in [1.165, 1.54) is 0 Å². The van der Waals surface area contributed by atoms with Crippen LogP contribution in [0.4, 0.5) is 0 Å². The third kappa shape index (κ3) is 4.56. The highest BCUT2D eigenvalue weighted by atomic mass is 31.2. The summed E-state index contributed by atoms with van der Waals surface area (Å²) in [7, 11) is -3.32. The van der Waals surface area contributed by atoms with Crippen molar-refractivity contribution in [2.45, 2.75) is 38.1 Å². The number of amides is 1. The van der Waals surface area contributed by atoms with Crippen molar-refractivity contribution in [2.24, 2.45) is 0 Å². The van der Waals surface area contributed by atoms with Gasteiger partial charge in [-0.05, 0) is 32.9 Å². The molecule has 1 amide bonds. The van der Waals surface area contributed by atoms with E-state index in [9.17, 15) is 14.5 Å². The maximum atomic E-state index is 14.8. The number of carbonyl (C=O) groups excluding carboxylic acids is 1. The SMILES string of the molecule is C[C@H](NC(=O)c1ccccc1)[C@H](C(C)(C)O)P(=O)(c1ccccc1)c1ccccc1. The third-order valence-electron chi connectivity index (χ3n) is 5.26. The van der Waals surface area contributed by atoms with Gasteiger partial charge in [0.25, 0.3) is 5.91 Å². The van der Waals surface area contributed by atoms with E-state index >= 15 is 0 Å². The van der Waals surface area contributed by atoms with Gasteiger partial charge in [-0.1, -0.05) is 78.9 Å².